The lowest BCUT2D eigenvalue weighted by atomic mass is 9.69. The number of fused-ring (bicyclic) bond motifs is 1. The summed E-state index contributed by atoms with van der Waals surface area (Å²) in [5.74, 6) is 0.927. The molecule has 25 heavy (non-hydrogen) atoms. The highest BCUT2D eigenvalue weighted by Crippen LogP contribution is 2.46. The number of benzene rings is 1. The maximum atomic E-state index is 12.4. The van der Waals surface area contributed by atoms with Crippen LogP contribution in [-0.4, -0.2) is 49.6 Å². The standard InChI is InChI=1S/C19H24N2O3S/c1-25(22,23)21-12-10-19(16-6-3-2-4-7-16)9-11-20(15-18(19)21)14-17-8-5-13-24-17/h2-8,13,18H,9-12,14-15H2,1H3. The highest BCUT2D eigenvalue weighted by Gasteiger charge is 2.53. The lowest BCUT2D eigenvalue weighted by molar-refractivity contribution is 0.105. The van der Waals surface area contributed by atoms with Crippen LogP contribution in [0.25, 0.3) is 0 Å². The maximum Gasteiger partial charge on any atom is 0.211 e. The highest BCUT2D eigenvalue weighted by atomic mass is 32.2. The zero-order chi connectivity index (χ0) is 17.5. The van der Waals surface area contributed by atoms with Crippen LogP contribution in [0, 0.1) is 0 Å². The first-order chi connectivity index (χ1) is 12.0. The second kappa shape index (κ2) is 6.27. The molecule has 2 unspecified atom stereocenters. The SMILES string of the molecule is CS(=O)(=O)N1CCC2(c3ccccc3)CCN(Cc3ccco3)CC12. The summed E-state index contributed by atoms with van der Waals surface area (Å²) in [5.41, 5.74) is 1.19. The van der Waals surface area contributed by atoms with Gasteiger partial charge >= 0.3 is 0 Å². The fourth-order valence-corrected chi connectivity index (χ4v) is 5.73. The molecule has 0 spiro atoms. The molecule has 0 saturated carbocycles. The van der Waals surface area contributed by atoms with E-state index in [0.29, 0.717) is 6.54 Å². The normalized spacial score (nSPS) is 28.1. The third-order valence-electron chi connectivity index (χ3n) is 5.80. The summed E-state index contributed by atoms with van der Waals surface area (Å²) < 4.78 is 31.9. The van der Waals surface area contributed by atoms with E-state index in [4.69, 9.17) is 4.42 Å². The van der Waals surface area contributed by atoms with Gasteiger partial charge in [-0.2, -0.15) is 4.31 Å². The van der Waals surface area contributed by atoms with Gasteiger partial charge in [-0.1, -0.05) is 30.3 Å². The van der Waals surface area contributed by atoms with Gasteiger partial charge in [-0.15, -0.1) is 0 Å². The van der Waals surface area contributed by atoms with E-state index in [9.17, 15) is 8.42 Å². The minimum atomic E-state index is -3.22. The molecule has 0 bridgehead atoms. The van der Waals surface area contributed by atoms with Crippen LogP contribution in [0.1, 0.15) is 24.2 Å². The van der Waals surface area contributed by atoms with Crippen LogP contribution in [0.4, 0.5) is 0 Å². The molecule has 2 aromatic rings. The van der Waals surface area contributed by atoms with Crippen molar-refractivity contribution in [2.75, 3.05) is 25.9 Å². The van der Waals surface area contributed by atoms with Gasteiger partial charge in [0.15, 0.2) is 0 Å². The molecule has 4 rings (SSSR count). The number of likely N-dealkylation sites (tertiary alicyclic amines) is 1. The Bertz CT molecular complexity index is 820. The Morgan fingerprint density at radius 3 is 2.56 bits per heavy atom. The van der Waals surface area contributed by atoms with Gasteiger partial charge in [0.05, 0.1) is 19.1 Å². The number of furan rings is 1. The average Bonchev–Trinajstić information content (AvgIpc) is 3.23. The minimum absolute atomic E-state index is 0.0198. The molecule has 1 aromatic heterocycles. The van der Waals surface area contributed by atoms with Crippen LogP contribution < -0.4 is 0 Å². The molecule has 0 aliphatic carbocycles. The monoisotopic (exact) mass is 360 g/mol. The van der Waals surface area contributed by atoms with Gasteiger partial charge in [-0.3, -0.25) is 4.90 Å². The van der Waals surface area contributed by atoms with Gasteiger partial charge in [0.25, 0.3) is 0 Å². The average molecular weight is 360 g/mol. The Morgan fingerprint density at radius 1 is 1.12 bits per heavy atom. The Balaban J connectivity index is 1.66. The van der Waals surface area contributed by atoms with E-state index in [-0.39, 0.29) is 11.5 Å². The number of sulfonamides is 1. The molecular formula is C19H24N2O3S. The smallest absolute Gasteiger partial charge is 0.211 e. The van der Waals surface area contributed by atoms with Crippen LogP contribution >= 0.6 is 0 Å². The van der Waals surface area contributed by atoms with Crippen molar-refractivity contribution < 1.29 is 12.8 Å². The van der Waals surface area contributed by atoms with E-state index >= 15 is 0 Å². The lowest BCUT2D eigenvalue weighted by Crippen LogP contribution is -2.56. The molecule has 2 aliphatic rings. The van der Waals surface area contributed by atoms with Crippen molar-refractivity contribution in [2.24, 2.45) is 0 Å². The Hall–Kier alpha value is -1.63. The maximum absolute atomic E-state index is 12.4. The summed E-state index contributed by atoms with van der Waals surface area (Å²) in [5, 5.41) is 0. The van der Waals surface area contributed by atoms with Crippen molar-refractivity contribution in [3.05, 3.63) is 60.1 Å². The summed E-state index contributed by atoms with van der Waals surface area (Å²) in [6, 6.07) is 14.3. The molecule has 6 heteroatoms. The second-order valence-corrected chi connectivity index (χ2v) is 9.16. The van der Waals surface area contributed by atoms with Gasteiger partial charge in [-0.25, -0.2) is 8.42 Å². The first kappa shape index (κ1) is 16.8. The molecule has 5 nitrogen and oxygen atoms in total. The Morgan fingerprint density at radius 2 is 1.88 bits per heavy atom. The number of hydrogen-bond acceptors (Lipinski definition) is 4. The fourth-order valence-electron chi connectivity index (χ4n) is 4.57. The third-order valence-corrected chi connectivity index (χ3v) is 7.09. The van der Waals surface area contributed by atoms with Gasteiger partial charge in [-0.05, 0) is 37.1 Å². The van der Waals surface area contributed by atoms with Gasteiger partial charge in [0, 0.05) is 24.5 Å². The predicted molar refractivity (Wildman–Crippen MR) is 96.7 cm³/mol. The van der Waals surface area contributed by atoms with Crippen molar-refractivity contribution >= 4 is 10.0 Å². The molecule has 0 radical (unpaired) electrons. The largest absolute Gasteiger partial charge is 0.468 e. The first-order valence-electron chi connectivity index (χ1n) is 8.76. The molecule has 2 fully saturated rings. The molecule has 3 heterocycles. The van der Waals surface area contributed by atoms with Gasteiger partial charge in [0.2, 0.25) is 10.0 Å². The summed E-state index contributed by atoms with van der Waals surface area (Å²) in [4.78, 5) is 2.31. The molecule has 2 aliphatic heterocycles. The van der Waals surface area contributed by atoms with Crippen molar-refractivity contribution in [3.8, 4) is 0 Å². The van der Waals surface area contributed by atoms with Crippen molar-refractivity contribution in [3.63, 3.8) is 0 Å². The first-order valence-corrected chi connectivity index (χ1v) is 10.6. The van der Waals surface area contributed by atoms with Crippen molar-refractivity contribution in [1.82, 2.24) is 9.21 Å². The third kappa shape index (κ3) is 3.03. The molecule has 134 valence electrons. The van der Waals surface area contributed by atoms with Gasteiger partial charge < -0.3 is 4.42 Å². The molecule has 0 amide bonds. The second-order valence-electron chi connectivity index (χ2n) is 7.23. The summed E-state index contributed by atoms with van der Waals surface area (Å²) in [7, 11) is -3.22. The number of nitrogens with zero attached hydrogens (tertiary/aromatic N) is 2. The minimum Gasteiger partial charge on any atom is -0.468 e. The van der Waals surface area contributed by atoms with E-state index in [1.54, 1.807) is 10.6 Å². The number of hydrogen-bond donors (Lipinski definition) is 0. The van der Waals surface area contributed by atoms with Crippen LogP contribution in [0.3, 0.4) is 0 Å². The zero-order valence-electron chi connectivity index (χ0n) is 14.5. The summed E-state index contributed by atoms with van der Waals surface area (Å²) >= 11 is 0. The predicted octanol–water partition coefficient (Wildman–Crippen LogP) is 2.46. The molecular weight excluding hydrogens is 336 g/mol. The molecule has 2 atom stereocenters. The Labute approximate surface area is 149 Å². The number of rotatable bonds is 4. The van der Waals surface area contributed by atoms with E-state index < -0.39 is 10.0 Å². The van der Waals surface area contributed by atoms with Crippen molar-refractivity contribution in [2.45, 2.75) is 30.8 Å². The van der Waals surface area contributed by atoms with E-state index in [2.05, 4.69) is 29.2 Å². The van der Waals surface area contributed by atoms with Crippen molar-refractivity contribution in [1.29, 1.82) is 0 Å². The molecule has 2 saturated heterocycles. The van der Waals surface area contributed by atoms with E-state index in [1.165, 1.54) is 11.8 Å². The summed E-state index contributed by atoms with van der Waals surface area (Å²) in [6.45, 7) is 3.02. The van der Waals surface area contributed by atoms with Crippen LogP contribution in [0.2, 0.25) is 0 Å². The highest BCUT2D eigenvalue weighted by molar-refractivity contribution is 7.88. The van der Waals surface area contributed by atoms with E-state index in [0.717, 1.165) is 38.2 Å². The number of piperidine rings is 1. The quantitative estimate of drug-likeness (QED) is 0.840. The Kier molecular flexibility index (Phi) is 4.22. The van der Waals surface area contributed by atoms with Crippen LogP contribution in [0.5, 0.6) is 0 Å². The van der Waals surface area contributed by atoms with E-state index in [1.807, 2.05) is 18.2 Å². The van der Waals surface area contributed by atoms with Crippen LogP contribution in [0.15, 0.2) is 53.1 Å². The molecule has 1 aromatic carbocycles. The van der Waals surface area contributed by atoms with Crippen LogP contribution in [-0.2, 0) is 22.0 Å². The van der Waals surface area contributed by atoms with Gasteiger partial charge in [0.1, 0.15) is 5.76 Å². The zero-order valence-corrected chi connectivity index (χ0v) is 15.3. The fraction of sp³-hybridized carbons (Fsp3) is 0.474. The molecule has 0 N–H and O–H groups in total. The summed E-state index contributed by atoms with van der Waals surface area (Å²) in [6.07, 6.45) is 4.88. The topological polar surface area (TPSA) is 53.8 Å². The lowest BCUT2D eigenvalue weighted by Gasteiger charge is -2.46.